The van der Waals surface area contributed by atoms with Crippen molar-refractivity contribution in [2.75, 3.05) is 0 Å². The van der Waals surface area contributed by atoms with Crippen LogP contribution in [0.1, 0.15) is 44.5 Å². The normalized spacial score (nSPS) is 10.5. The fourth-order valence-corrected chi connectivity index (χ4v) is 9.54. The monoisotopic (exact) mass is 640 g/mol. The van der Waals surface area contributed by atoms with Gasteiger partial charge in [-0.15, -0.1) is 68.1 Å². The van der Waals surface area contributed by atoms with Gasteiger partial charge in [0.15, 0.2) is 0 Å². The summed E-state index contributed by atoms with van der Waals surface area (Å²) in [5, 5.41) is 5.64. The van der Waals surface area contributed by atoms with Crippen LogP contribution < -0.4 is 0 Å². The Balaban J connectivity index is 0.000000141. The summed E-state index contributed by atoms with van der Waals surface area (Å²) >= 11 is -2.44. The first kappa shape index (κ1) is 30.4. The molecule has 0 amide bonds. The third kappa shape index (κ3) is 7.38. The first-order chi connectivity index (χ1) is 19.2. The molecule has 0 radical (unpaired) electrons. The average Bonchev–Trinajstić information content (AvgIpc) is 3.55. The minimum atomic E-state index is -2.44. The maximum atomic E-state index is 6.24. The van der Waals surface area contributed by atoms with Gasteiger partial charge in [0.25, 0.3) is 0 Å². The molecule has 40 heavy (non-hydrogen) atoms. The Hall–Kier alpha value is -2.57. The summed E-state index contributed by atoms with van der Waals surface area (Å²) in [5.41, 5.74) is 10.5. The van der Waals surface area contributed by atoms with Crippen molar-refractivity contribution in [1.82, 2.24) is 0 Å². The molecule has 0 bridgehead atoms. The van der Waals surface area contributed by atoms with Crippen LogP contribution in [0.25, 0.3) is 21.5 Å². The topological polar surface area (TPSA) is 0 Å². The van der Waals surface area contributed by atoms with Gasteiger partial charge in [-0.3, -0.25) is 0 Å². The zero-order valence-electron chi connectivity index (χ0n) is 24.1. The molecule has 0 saturated carbocycles. The van der Waals surface area contributed by atoms with Crippen molar-refractivity contribution in [3.8, 4) is 0 Å². The van der Waals surface area contributed by atoms with E-state index in [1.807, 2.05) is 36.4 Å². The molecule has 0 saturated heterocycles. The van der Waals surface area contributed by atoms with E-state index in [1.165, 1.54) is 54.9 Å². The van der Waals surface area contributed by atoms with Crippen molar-refractivity contribution >= 4 is 41.8 Å². The van der Waals surface area contributed by atoms with Crippen molar-refractivity contribution in [1.29, 1.82) is 0 Å². The van der Waals surface area contributed by atoms with Crippen molar-refractivity contribution in [3.63, 3.8) is 0 Å². The van der Waals surface area contributed by atoms with Crippen LogP contribution in [0.15, 0.2) is 109 Å². The van der Waals surface area contributed by atoms with Crippen LogP contribution in [0.3, 0.4) is 0 Å². The predicted octanol–water partition coefficient (Wildman–Crippen LogP) is 11.1. The summed E-state index contributed by atoms with van der Waals surface area (Å²) in [6.07, 6.45) is 0. The van der Waals surface area contributed by atoms with Gasteiger partial charge in [-0.2, -0.15) is 12.1 Å². The third-order valence-electron chi connectivity index (χ3n) is 7.25. The molecule has 6 aromatic rings. The zero-order chi connectivity index (χ0) is 28.8. The molecule has 0 atom stereocenters. The third-order valence-corrected chi connectivity index (χ3v) is 11.8. The molecule has 6 rings (SSSR count). The quantitative estimate of drug-likeness (QED) is 0.165. The Morgan fingerprint density at radius 1 is 0.500 bits per heavy atom. The zero-order valence-corrected chi connectivity index (χ0v) is 28.1. The molecule has 0 aliphatic rings. The van der Waals surface area contributed by atoms with Gasteiger partial charge < -0.3 is 0 Å². The van der Waals surface area contributed by atoms with E-state index >= 15 is 0 Å². The maximum absolute atomic E-state index is 6.24. The Bertz CT molecular complexity index is 1550. The molecule has 3 heteroatoms. The molecular weight excluding hydrogens is 607 g/mol. The van der Waals surface area contributed by atoms with Gasteiger partial charge in [0, 0.05) is 0 Å². The Morgan fingerprint density at radius 3 is 1.18 bits per heavy atom. The second-order valence-corrected chi connectivity index (χ2v) is 18.6. The van der Waals surface area contributed by atoms with Gasteiger partial charge in [-0.25, -0.2) is 0 Å². The summed E-state index contributed by atoms with van der Waals surface area (Å²) in [5.74, 6) is 0. The molecule has 0 aliphatic carbocycles. The van der Waals surface area contributed by atoms with Crippen LogP contribution >= 0.6 is 17.0 Å². The van der Waals surface area contributed by atoms with E-state index in [4.69, 9.17) is 17.0 Å². The molecular formula is C37H36Cl2Zr-2. The van der Waals surface area contributed by atoms with E-state index in [0.717, 1.165) is 14.3 Å². The standard InChI is InChI=1S/C13H10.2C12H13.2ClH.Zr/c1-3-7-12(8-4-1)11-13-9-5-2-6-10-13;2*1-8-6-11-9(2)4-5-10(3)12(11)7-8;;;/h1-10H;2*4-7H,1-3H3;2*1H;/q;2*-1;;;+2/p-2. The van der Waals surface area contributed by atoms with Crippen LogP contribution in [0.5, 0.6) is 0 Å². The average molecular weight is 643 g/mol. The van der Waals surface area contributed by atoms with Crippen LogP contribution in [0.4, 0.5) is 0 Å². The van der Waals surface area contributed by atoms with Crippen molar-refractivity contribution in [3.05, 3.63) is 154 Å². The molecule has 0 fully saturated rings. The molecule has 204 valence electrons. The van der Waals surface area contributed by atoms with Gasteiger partial charge >= 0.3 is 111 Å². The van der Waals surface area contributed by atoms with Crippen LogP contribution in [0.2, 0.25) is 0 Å². The number of benzene rings is 4. The first-order valence-electron chi connectivity index (χ1n) is 13.6. The van der Waals surface area contributed by atoms with Crippen molar-refractivity contribution in [2.45, 2.75) is 41.5 Å². The SMILES string of the molecule is Cc1cc2c(C)ccc(C)c2[cH-]1.Cc1cc2c(C)ccc(C)c2[cH-]1.[Cl][Zr]([Cl])=[C](c1ccccc1)c1ccccc1. The Kier molecular flexibility index (Phi) is 10.5. The summed E-state index contributed by atoms with van der Waals surface area (Å²) in [7, 11) is 12.5. The molecule has 6 aromatic carbocycles. The van der Waals surface area contributed by atoms with Crippen LogP contribution in [-0.4, -0.2) is 3.21 Å². The summed E-state index contributed by atoms with van der Waals surface area (Å²) in [6.45, 7) is 13.0. The summed E-state index contributed by atoms with van der Waals surface area (Å²) < 4.78 is 1.15. The number of halogens is 2. The molecule has 0 spiro atoms. The first-order valence-corrected chi connectivity index (χ1v) is 21.1. The molecule has 0 nitrogen and oxygen atoms in total. The predicted molar refractivity (Wildman–Crippen MR) is 175 cm³/mol. The van der Waals surface area contributed by atoms with Crippen molar-refractivity contribution < 1.29 is 18.9 Å². The molecule has 0 heterocycles. The van der Waals surface area contributed by atoms with E-state index in [0.29, 0.717) is 0 Å². The Morgan fingerprint density at radius 2 is 0.850 bits per heavy atom. The number of hydrogen-bond acceptors (Lipinski definition) is 0. The fourth-order valence-electron chi connectivity index (χ4n) is 5.06. The second-order valence-electron chi connectivity index (χ2n) is 10.5. The number of aryl methyl sites for hydroxylation is 6. The van der Waals surface area contributed by atoms with E-state index in [9.17, 15) is 0 Å². The fraction of sp³-hybridized carbons (Fsp3) is 0.162. The van der Waals surface area contributed by atoms with E-state index in [2.05, 4.69) is 114 Å². The summed E-state index contributed by atoms with van der Waals surface area (Å²) in [4.78, 5) is 0. The van der Waals surface area contributed by atoms with Crippen molar-refractivity contribution in [2.24, 2.45) is 0 Å². The van der Waals surface area contributed by atoms with E-state index in [1.54, 1.807) is 0 Å². The Labute approximate surface area is 254 Å². The minimum absolute atomic E-state index is 1.15. The number of fused-ring (bicyclic) bond motifs is 2. The van der Waals surface area contributed by atoms with Gasteiger partial charge in [-0.05, 0) is 13.8 Å². The second kappa shape index (κ2) is 13.9. The summed E-state index contributed by atoms with van der Waals surface area (Å²) in [6, 6.07) is 38.1. The number of rotatable bonds is 2. The van der Waals surface area contributed by atoms with Crippen LogP contribution in [0, 0.1) is 41.5 Å². The van der Waals surface area contributed by atoms with E-state index < -0.39 is 18.9 Å². The number of hydrogen-bond donors (Lipinski definition) is 0. The van der Waals surface area contributed by atoms with E-state index in [-0.39, 0.29) is 0 Å². The van der Waals surface area contributed by atoms with Gasteiger partial charge in [0.1, 0.15) is 0 Å². The van der Waals surface area contributed by atoms with Gasteiger partial charge in [-0.1, -0.05) is 51.0 Å². The molecule has 0 aliphatic heterocycles. The van der Waals surface area contributed by atoms with Gasteiger partial charge in [0.2, 0.25) is 0 Å². The molecule has 0 aromatic heterocycles. The van der Waals surface area contributed by atoms with Gasteiger partial charge in [0.05, 0.1) is 0 Å². The molecule has 0 unspecified atom stereocenters. The van der Waals surface area contributed by atoms with Crippen LogP contribution in [-0.2, 0) is 18.9 Å². The molecule has 0 N–H and O–H groups in total.